The zero-order chi connectivity index (χ0) is 13.9. The molecule has 0 spiro atoms. The maximum Gasteiger partial charge on any atom is 0.215 e. The lowest BCUT2D eigenvalue weighted by atomic mass is 10.2. The van der Waals surface area contributed by atoms with Crippen LogP contribution in [0.1, 0.15) is 0 Å². The van der Waals surface area contributed by atoms with Crippen LogP contribution in [-0.2, 0) is 7.05 Å². The molecular formula is C12H11N7S. The van der Waals surface area contributed by atoms with Crippen LogP contribution >= 0.6 is 11.8 Å². The van der Waals surface area contributed by atoms with Crippen molar-refractivity contribution in [1.29, 1.82) is 0 Å². The number of nitrogens with zero attached hydrogens (tertiary/aromatic N) is 6. The van der Waals surface area contributed by atoms with Crippen molar-refractivity contribution in [2.24, 2.45) is 7.05 Å². The smallest absolute Gasteiger partial charge is 0.215 e. The molecule has 3 rings (SSSR count). The molecule has 2 aromatic heterocycles. The molecule has 1 aromatic carbocycles. The molecule has 2 heterocycles. The van der Waals surface area contributed by atoms with E-state index < -0.39 is 0 Å². The third-order valence-corrected chi connectivity index (χ3v) is 3.48. The maximum absolute atomic E-state index is 5.84. The predicted molar refractivity (Wildman–Crippen MR) is 74.8 cm³/mol. The molecule has 0 aliphatic carbocycles. The lowest BCUT2D eigenvalue weighted by Gasteiger charge is -2.04. The number of tetrazole rings is 1. The van der Waals surface area contributed by atoms with Gasteiger partial charge in [-0.05, 0) is 22.2 Å². The van der Waals surface area contributed by atoms with Crippen LogP contribution < -0.4 is 5.73 Å². The minimum Gasteiger partial charge on any atom is -0.384 e. The number of aryl methyl sites for hydroxylation is 1. The molecule has 0 saturated heterocycles. The second-order valence-electron chi connectivity index (χ2n) is 4.01. The van der Waals surface area contributed by atoms with Crippen LogP contribution in [0.25, 0.3) is 11.4 Å². The van der Waals surface area contributed by atoms with Crippen molar-refractivity contribution in [3.63, 3.8) is 0 Å². The summed E-state index contributed by atoms with van der Waals surface area (Å²) in [4.78, 5) is 8.73. The third-order valence-electron chi connectivity index (χ3n) is 2.53. The fourth-order valence-electron chi connectivity index (χ4n) is 1.61. The Hall–Kier alpha value is -2.48. The highest BCUT2D eigenvalue weighted by molar-refractivity contribution is 7.99. The Kier molecular flexibility index (Phi) is 3.30. The SMILES string of the molecule is Cn1nnnc1Sc1cc(N)nc(-c2ccccc2)n1. The van der Waals surface area contributed by atoms with Crippen LogP contribution in [0.5, 0.6) is 0 Å². The summed E-state index contributed by atoms with van der Waals surface area (Å²) in [6.45, 7) is 0. The van der Waals surface area contributed by atoms with E-state index in [9.17, 15) is 0 Å². The number of anilines is 1. The molecule has 0 radical (unpaired) electrons. The summed E-state index contributed by atoms with van der Waals surface area (Å²) in [7, 11) is 1.77. The normalized spacial score (nSPS) is 10.7. The van der Waals surface area contributed by atoms with Crippen molar-refractivity contribution in [2.75, 3.05) is 5.73 Å². The van der Waals surface area contributed by atoms with E-state index in [-0.39, 0.29) is 0 Å². The van der Waals surface area contributed by atoms with Crippen LogP contribution in [0.3, 0.4) is 0 Å². The van der Waals surface area contributed by atoms with Crippen molar-refractivity contribution in [3.05, 3.63) is 36.4 Å². The number of nitrogen functional groups attached to an aromatic ring is 1. The Morgan fingerprint density at radius 2 is 1.95 bits per heavy atom. The first kappa shape index (κ1) is 12.5. The molecule has 0 fully saturated rings. The molecule has 20 heavy (non-hydrogen) atoms. The van der Waals surface area contributed by atoms with Crippen LogP contribution in [-0.4, -0.2) is 30.2 Å². The van der Waals surface area contributed by atoms with Gasteiger partial charge >= 0.3 is 0 Å². The molecule has 0 atom stereocenters. The first-order valence-corrected chi connectivity index (χ1v) is 6.64. The summed E-state index contributed by atoms with van der Waals surface area (Å²) in [6, 6.07) is 11.4. The topological polar surface area (TPSA) is 95.4 Å². The number of rotatable bonds is 3. The molecule has 100 valence electrons. The van der Waals surface area contributed by atoms with E-state index >= 15 is 0 Å². The van der Waals surface area contributed by atoms with Crippen LogP contribution in [0.4, 0.5) is 5.82 Å². The van der Waals surface area contributed by atoms with Crippen LogP contribution in [0.2, 0.25) is 0 Å². The Morgan fingerprint density at radius 1 is 1.15 bits per heavy atom. The first-order valence-electron chi connectivity index (χ1n) is 5.82. The number of hydrogen-bond acceptors (Lipinski definition) is 7. The summed E-state index contributed by atoms with van der Waals surface area (Å²) >= 11 is 1.34. The van der Waals surface area contributed by atoms with E-state index in [4.69, 9.17) is 5.73 Å². The summed E-state index contributed by atoms with van der Waals surface area (Å²) in [5, 5.41) is 12.6. The molecule has 3 aromatic rings. The second kappa shape index (κ2) is 5.25. The van der Waals surface area contributed by atoms with Gasteiger partial charge in [-0.2, -0.15) is 0 Å². The van der Waals surface area contributed by atoms with Gasteiger partial charge in [0.05, 0.1) is 0 Å². The average molecular weight is 285 g/mol. The van der Waals surface area contributed by atoms with Crippen molar-refractivity contribution in [3.8, 4) is 11.4 Å². The van der Waals surface area contributed by atoms with Gasteiger partial charge in [0.25, 0.3) is 0 Å². The van der Waals surface area contributed by atoms with Crippen molar-refractivity contribution in [2.45, 2.75) is 10.2 Å². The van der Waals surface area contributed by atoms with Gasteiger partial charge in [0.1, 0.15) is 10.8 Å². The maximum atomic E-state index is 5.84. The molecule has 0 bridgehead atoms. The zero-order valence-corrected chi connectivity index (χ0v) is 11.4. The molecule has 7 nitrogen and oxygen atoms in total. The van der Waals surface area contributed by atoms with Gasteiger partial charge in [0.2, 0.25) is 5.16 Å². The van der Waals surface area contributed by atoms with Crippen molar-refractivity contribution < 1.29 is 0 Å². The van der Waals surface area contributed by atoms with Gasteiger partial charge in [-0.25, -0.2) is 14.6 Å². The van der Waals surface area contributed by atoms with Gasteiger partial charge in [-0.1, -0.05) is 30.3 Å². The fraction of sp³-hybridized carbons (Fsp3) is 0.0833. The minimum absolute atomic E-state index is 0.413. The molecule has 0 saturated carbocycles. The Bertz CT molecular complexity index is 726. The number of nitrogens with two attached hydrogens (primary N) is 1. The molecule has 0 unspecified atom stereocenters. The standard InChI is InChI=1S/C12H11N7S/c1-19-12(16-17-18-19)20-10-7-9(13)14-11(15-10)8-5-3-2-4-6-8/h2-7H,1H3,(H2,13,14,15). The zero-order valence-electron chi connectivity index (χ0n) is 10.6. The van der Waals surface area contributed by atoms with Gasteiger partial charge < -0.3 is 5.73 Å². The molecule has 0 amide bonds. The predicted octanol–water partition coefficient (Wildman–Crippen LogP) is 1.40. The quantitative estimate of drug-likeness (QED) is 0.727. The van der Waals surface area contributed by atoms with E-state index in [1.807, 2.05) is 30.3 Å². The van der Waals surface area contributed by atoms with E-state index in [0.29, 0.717) is 21.8 Å². The highest BCUT2D eigenvalue weighted by Gasteiger charge is 2.10. The van der Waals surface area contributed by atoms with E-state index in [2.05, 4.69) is 25.5 Å². The van der Waals surface area contributed by atoms with E-state index in [1.54, 1.807) is 17.8 Å². The van der Waals surface area contributed by atoms with E-state index in [1.165, 1.54) is 11.8 Å². The highest BCUT2D eigenvalue weighted by atomic mass is 32.2. The Balaban J connectivity index is 1.97. The summed E-state index contributed by atoms with van der Waals surface area (Å²) in [5.41, 5.74) is 6.76. The van der Waals surface area contributed by atoms with Gasteiger partial charge in [-0.3, -0.25) is 0 Å². The van der Waals surface area contributed by atoms with Crippen LogP contribution in [0.15, 0.2) is 46.6 Å². The molecule has 2 N–H and O–H groups in total. The second-order valence-corrected chi connectivity index (χ2v) is 5.00. The monoisotopic (exact) mass is 285 g/mol. The first-order chi connectivity index (χ1) is 9.72. The van der Waals surface area contributed by atoms with E-state index in [0.717, 1.165) is 5.56 Å². The minimum atomic E-state index is 0.413. The molecular weight excluding hydrogens is 274 g/mol. The Morgan fingerprint density at radius 3 is 2.65 bits per heavy atom. The molecule has 0 aliphatic rings. The lowest BCUT2D eigenvalue weighted by Crippen LogP contribution is -1.98. The highest BCUT2D eigenvalue weighted by Crippen LogP contribution is 2.26. The average Bonchev–Trinajstić information content (AvgIpc) is 2.85. The largest absolute Gasteiger partial charge is 0.384 e. The number of aromatic nitrogens is 6. The number of hydrogen-bond donors (Lipinski definition) is 1. The van der Waals surface area contributed by atoms with Crippen molar-refractivity contribution in [1.82, 2.24) is 30.2 Å². The summed E-state index contributed by atoms with van der Waals surface area (Å²) in [5.74, 6) is 1.000. The van der Waals surface area contributed by atoms with Gasteiger partial charge in [0.15, 0.2) is 5.82 Å². The Labute approximate surface area is 119 Å². The number of benzene rings is 1. The summed E-state index contributed by atoms with van der Waals surface area (Å²) in [6.07, 6.45) is 0. The summed E-state index contributed by atoms with van der Waals surface area (Å²) < 4.78 is 1.57. The van der Waals surface area contributed by atoms with Crippen molar-refractivity contribution >= 4 is 17.6 Å². The van der Waals surface area contributed by atoms with Gasteiger partial charge in [0, 0.05) is 18.7 Å². The fourth-order valence-corrected chi connectivity index (χ4v) is 2.36. The van der Waals surface area contributed by atoms with Gasteiger partial charge in [-0.15, -0.1) is 5.10 Å². The third kappa shape index (κ3) is 2.59. The lowest BCUT2D eigenvalue weighted by molar-refractivity contribution is 0.664. The molecule has 0 aliphatic heterocycles. The molecule has 8 heteroatoms. The van der Waals surface area contributed by atoms with Crippen LogP contribution in [0, 0.1) is 0 Å².